The highest BCUT2D eigenvalue weighted by Gasteiger charge is 1.99. The molecule has 5 nitrogen and oxygen atoms in total. The molecule has 1 rings (SSSR count). The molecule has 16 heavy (non-hydrogen) atoms. The molecule has 0 unspecified atom stereocenters. The first-order valence-electron chi connectivity index (χ1n) is 5.94. The lowest BCUT2D eigenvalue weighted by atomic mass is 10.3. The third-order valence-corrected chi connectivity index (χ3v) is 2.28. The fraction of sp³-hybridized carbons (Fsp3) is 0.818. The average molecular weight is 227 g/mol. The molecule has 1 aromatic rings. The van der Waals surface area contributed by atoms with Crippen molar-refractivity contribution in [3.63, 3.8) is 0 Å². The molecule has 1 aromatic heterocycles. The van der Waals surface area contributed by atoms with Crippen LogP contribution >= 0.6 is 0 Å². The van der Waals surface area contributed by atoms with Gasteiger partial charge in [0.15, 0.2) is 0 Å². The maximum Gasteiger partial charge on any atom is 0.0828 e. The Balaban J connectivity index is 2.14. The van der Waals surface area contributed by atoms with Crippen molar-refractivity contribution in [2.24, 2.45) is 0 Å². The van der Waals surface area contributed by atoms with E-state index in [9.17, 15) is 0 Å². The van der Waals surface area contributed by atoms with Gasteiger partial charge < -0.3 is 9.84 Å². The van der Waals surface area contributed by atoms with Crippen molar-refractivity contribution in [2.45, 2.75) is 39.2 Å². The van der Waals surface area contributed by atoms with Crippen LogP contribution in [0.3, 0.4) is 0 Å². The number of aliphatic hydroxyl groups is 1. The van der Waals surface area contributed by atoms with E-state index in [0.29, 0.717) is 6.61 Å². The second-order valence-corrected chi connectivity index (χ2v) is 3.77. The van der Waals surface area contributed by atoms with Crippen LogP contribution in [0, 0.1) is 0 Å². The summed E-state index contributed by atoms with van der Waals surface area (Å²) in [6.07, 6.45) is 5.71. The Labute approximate surface area is 96.4 Å². The Morgan fingerprint density at radius 3 is 3.00 bits per heavy atom. The van der Waals surface area contributed by atoms with Crippen LogP contribution < -0.4 is 0 Å². The minimum Gasteiger partial charge on any atom is -0.396 e. The summed E-state index contributed by atoms with van der Waals surface area (Å²) in [6.45, 7) is 4.60. The molecule has 0 aliphatic carbocycles. The number of aryl methyl sites for hydroxylation is 1. The van der Waals surface area contributed by atoms with Crippen LogP contribution in [-0.2, 0) is 17.7 Å². The van der Waals surface area contributed by atoms with Crippen LogP contribution in [0.25, 0.3) is 0 Å². The third-order valence-electron chi connectivity index (χ3n) is 2.28. The zero-order valence-corrected chi connectivity index (χ0v) is 9.93. The second kappa shape index (κ2) is 8.24. The lowest BCUT2D eigenvalue weighted by molar-refractivity contribution is 0.120. The number of ether oxygens (including phenoxy) is 1. The van der Waals surface area contributed by atoms with Crippen LogP contribution in [0.4, 0.5) is 0 Å². The monoisotopic (exact) mass is 227 g/mol. The van der Waals surface area contributed by atoms with Crippen LogP contribution in [0.1, 0.15) is 31.9 Å². The van der Waals surface area contributed by atoms with Gasteiger partial charge in [0.2, 0.25) is 0 Å². The molecule has 0 fully saturated rings. The highest BCUT2D eigenvalue weighted by molar-refractivity contribution is 4.91. The first-order chi connectivity index (χ1) is 7.86. The van der Waals surface area contributed by atoms with Gasteiger partial charge in [-0.25, -0.2) is 4.68 Å². The van der Waals surface area contributed by atoms with E-state index in [2.05, 4.69) is 17.2 Å². The molecule has 0 saturated carbocycles. The number of rotatable bonds is 9. The number of hydrogen-bond acceptors (Lipinski definition) is 4. The van der Waals surface area contributed by atoms with Crippen molar-refractivity contribution in [3.05, 3.63) is 11.9 Å². The van der Waals surface area contributed by atoms with Gasteiger partial charge in [0.05, 0.1) is 18.8 Å². The Bertz CT molecular complexity index is 276. The van der Waals surface area contributed by atoms with E-state index in [1.165, 1.54) is 0 Å². The van der Waals surface area contributed by atoms with Gasteiger partial charge in [-0.05, 0) is 19.3 Å². The predicted molar refractivity (Wildman–Crippen MR) is 61.2 cm³/mol. The highest BCUT2D eigenvalue weighted by Crippen LogP contribution is 1.97. The largest absolute Gasteiger partial charge is 0.396 e. The van der Waals surface area contributed by atoms with E-state index in [0.717, 1.165) is 44.5 Å². The van der Waals surface area contributed by atoms with Crippen LogP contribution in [0.2, 0.25) is 0 Å². The molecule has 0 radical (unpaired) electrons. The first-order valence-corrected chi connectivity index (χ1v) is 5.94. The first kappa shape index (κ1) is 13.1. The molecule has 0 aliphatic rings. The van der Waals surface area contributed by atoms with Gasteiger partial charge in [-0.3, -0.25) is 0 Å². The summed E-state index contributed by atoms with van der Waals surface area (Å²) in [4.78, 5) is 0. The van der Waals surface area contributed by atoms with Gasteiger partial charge in [0.25, 0.3) is 0 Å². The van der Waals surface area contributed by atoms with Crippen molar-refractivity contribution in [3.8, 4) is 0 Å². The van der Waals surface area contributed by atoms with E-state index >= 15 is 0 Å². The van der Waals surface area contributed by atoms with Gasteiger partial charge >= 0.3 is 0 Å². The van der Waals surface area contributed by atoms with E-state index < -0.39 is 0 Å². The normalized spacial score (nSPS) is 10.9. The second-order valence-electron chi connectivity index (χ2n) is 3.77. The topological polar surface area (TPSA) is 60.2 Å². The Kier molecular flexibility index (Phi) is 6.76. The Hall–Kier alpha value is -0.940. The number of unbranched alkanes of at least 4 members (excludes halogenated alkanes) is 1. The van der Waals surface area contributed by atoms with Gasteiger partial charge in [0.1, 0.15) is 0 Å². The van der Waals surface area contributed by atoms with Gasteiger partial charge in [-0.15, -0.1) is 5.10 Å². The maximum absolute atomic E-state index is 8.68. The van der Waals surface area contributed by atoms with E-state index in [1.807, 2.05) is 6.20 Å². The van der Waals surface area contributed by atoms with Crippen LogP contribution in [-0.4, -0.2) is 39.9 Å². The van der Waals surface area contributed by atoms with Gasteiger partial charge in [0, 0.05) is 19.4 Å². The van der Waals surface area contributed by atoms with E-state index in [1.54, 1.807) is 4.68 Å². The molecule has 0 bridgehead atoms. The summed E-state index contributed by atoms with van der Waals surface area (Å²) in [5, 5.41) is 16.7. The Morgan fingerprint density at radius 2 is 2.25 bits per heavy atom. The minimum absolute atomic E-state index is 0.201. The maximum atomic E-state index is 8.68. The van der Waals surface area contributed by atoms with Crippen LogP contribution in [0.5, 0.6) is 0 Å². The number of aromatic nitrogens is 3. The molecule has 0 saturated heterocycles. The molecule has 1 N–H and O–H groups in total. The van der Waals surface area contributed by atoms with E-state index in [4.69, 9.17) is 9.84 Å². The number of aliphatic hydroxyl groups excluding tert-OH is 1. The smallest absolute Gasteiger partial charge is 0.0828 e. The molecule has 1 heterocycles. The van der Waals surface area contributed by atoms with Crippen molar-refractivity contribution in [1.29, 1.82) is 0 Å². The fourth-order valence-electron chi connectivity index (χ4n) is 1.33. The van der Waals surface area contributed by atoms with E-state index in [-0.39, 0.29) is 6.61 Å². The summed E-state index contributed by atoms with van der Waals surface area (Å²) in [5.41, 5.74) is 0.933. The number of nitrogens with zero attached hydrogens (tertiary/aromatic N) is 3. The lowest BCUT2D eigenvalue weighted by Crippen LogP contribution is -2.07. The molecule has 0 atom stereocenters. The average Bonchev–Trinajstić information content (AvgIpc) is 2.74. The summed E-state index contributed by atoms with van der Waals surface area (Å²) < 4.78 is 7.23. The van der Waals surface area contributed by atoms with Crippen molar-refractivity contribution in [2.75, 3.05) is 19.8 Å². The molecule has 5 heteroatoms. The molecule has 0 amide bonds. The molecule has 0 aromatic carbocycles. The molecular formula is C11H21N3O2. The minimum atomic E-state index is 0.201. The molecular weight excluding hydrogens is 206 g/mol. The summed E-state index contributed by atoms with van der Waals surface area (Å²) >= 11 is 0. The summed E-state index contributed by atoms with van der Waals surface area (Å²) in [6, 6.07) is 0. The SMILES string of the molecule is CCCCOCCn1cc(CCCO)nn1. The van der Waals surface area contributed by atoms with Crippen LogP contribution in [0.15, 0.2) is 6.20 Å². The lowest BCUT2D eigenvalue weighted by Gasteiger charge is -2.02. The summed E-state index contributed by atoms with van der Waals surface area (Å²) in [7, 11) is 0. The molecule has 0 aliphatic heterocycles. The Morgan fingerprint density at radius 1 is 1.38 bits per heavy atom. The van der Waals surface area contributed by atoms with Gasteiger partial charge in [-0.2, -0.15) is 0 Å². The third kappa shape index (κ3) is 5.23. The quantitative estimate of drug-likeness (QED) is 0.640. The summed E-state index contributed by atoms with van der Waals surface area (Å²) in [5.74, 6) is 0. The number of hydrogen-bond donors (Lipinski definition) is 1. The standard InChI is InChI=1S/C11H21N3O2/c1-2-3-8-16-9-6-14-10-11(12-13-14)5-4-7-15/h10,15H,2-9H2,1H3. The zero-order chi connectivity index (χ0) is 11.6. The predicted octanol–water partition coefficient (Wildman–Crippen LogP) is 1.02. The van der Waals surface area contributed by atoms with Crippen molar-refractivity contribution < 1.29 is 9.84 Å². The molecule has 0 spiro atoms. The zero-order valence-electron chi connectivity index (χ0n) is 9.93. The van der Waals surface area contributed by atoms with Crippen molar-refractivity contribution in [1.82, 2.24) is 15.0 Å². The molecule has 92 valence electrons. The van der Waals surface area contributed by atoms with Crippen molar-refractivity contribution >= 4 is 0 Å². The van der Waals surface area contributed by atoms with Gasteiger partial charge in [-0.1, -0.05) is 18.6 Å². The fourth-order valence-corrected chi connectivity index (χ4v) is 1.33. The highest BCUT2D eigenvalue weighted by atomic mass is 16.5.